The molecular formula is C12H24O2. The smallest absolute Gasteiger partial charge is 0.0723 e. The topological polar surface area (TPSA) is 40.5 Å². The summed E-state index contributed by atoms with van der Waals surface area (Å²) < 4.78 is 0. The van der Waals surface area contributed by atoms with Crippen molar-refractivity contribution in [1.82, 2.24) is 0 Å². The monoisotopic (exact) mass is 200 g/mol. The Balaban J connectivity index is 2.73. The van der Waals surface area contributed by atoms with E-state index in [-0.39, 0.29) is 12.0 Å². The molecule has 1 fully saturated rings. The first-order valence-electron chi connectivity index (χ1n) is 5.81. The van der Waals surface area contributed by atoms with Crippen molar-refractivity contribution in [3.8, 4) is 0 Å². The van der Waals surface area contributed by atoms with Crippen molar-refractivity contribution in [2.75, 3.05) is 6.61 Å². The molecule has 2 N–H and O–H groups in total. The number of hydrogen-bond acceptors (Lipinski definition) is 2. The van der Waals surface area contributed by atoms with Gasteiger partial charge in [0.1, 0.15) is 0 Å². The molecule has 0 radical (unpaired) electrons. The number of aliphatic hydroxyl groups is 2. The quantitative estimate of drug-likeness (QED) is 0.734. The number of rotatable bonds is 3. The van der Waals surface area contributed by atoms with E-state index < -0.39 is 5.60 Å². The Labute approximate surface area is 87.3 Å². The molecule has 14 heavy (non-hydrogen) atoms. The lowest BCUT2D eigenvalue weighted by molar-refractivity contribution is -0.129. The summed E-state index contributed by atoms with van der Waals surface area (Å²) in [6, 6.07) is 0. The molecule has 1 aliphatic rings. The van der Waals surface area contributed by atoms with Gasteiger partial charge in [0.05, 0.1) is 12.2 Å². The van der Waals surface area contributed by atoms with Crippen molar-refractivity contribution >= 4 is 0 Å². The third kappa shape index (κ3) is 1.96. The Kier molecular flexibility index (Phi) is 3.59. The average Bonchev–Trinajstić information content (AvgIpc) is 2.21. The standard InChI is InChI=1S/C12H24O2/c1-4-11(3,9-13)12(14)7-5-10(2)6-8-12/h10,13-14H,4-9H2,1-3H3. The van der Waals surface area contributed by atoms with Crippen molar-refractivity contribution < 1.29 is 10.2 Å². The summed E-state index contributed by atoms with van der Waals surface area (Å²) in [5.74, 6) is 0.732. The van der Waals surface area contributed by atoms with Crippen molar-refractivity contribution in [2.45, 2.75) is 58.5 Å². The minimum absolute atomic E-state index is 0.0916. The predicted molar refractivity (Wildman–Crippen MR) is 58.1 cm³/mol. The highest BCUT2D eigenvalue weighted by atomic mass is 16.3. The van der Waals surface area contributed by atoms with E-state index in [1.165, 1.54) is 0 Å². The fraction of sp³-hybridized carbons (Fsp3) is 1.00. The van der Waals surface area contributed by atoms with Crippen LogP contribution in [-0.4, -0.2) is 22.4 Å². The Morgan fingerprint density at radius 1 is 1.36 bits per heavy atom. The highest BCUT2D eigenvalue weighted by molar-refractivity contribution is 4.97. The minimum Gasteiger partial charge on any atom is -0.396 e. The molecule has 0 aliphatic heterocycles. The molecule has 0 amide bonds. The second-order valence-electron chi connectivity index (χ2n) is 5.29. The summed E-state index contributed by atoms with van der Waals surface area (Å²) in [6.07, 6.45) is 4.71. The minimum atomic E-state index is -0.636. The van der Waals surface area contributed by atoms with Crippen molar-refractivity contribution in [1.29, 1.82) is 0 Å². The average molecular weight is 200 g/mol. The summed E-state index contributed by atoms with van der Waals surface area (Å²) in [5, 5.41) is 20.0. The predicted octanol–water partition coefficient (Wildman–Crippen LogP) is 2.34. The first kappa shape index (κ1) is 12.0. The normalized spacial score (nSPS) is 37.9. The van der Waals surface area contributed by atoms with E-state index in [4.69, 9.17) is 0 Å². The fourth-order valence-electron chi connectivity index (χ4n) is 2.43. The number of hydrogen-bond donors (Lipinski definition) is 2. The molecule has 0 aromatic heterocycles. The Morgan fingerprint density at radius 3 is 2.21 bits per heavy atom. The van der Waals surface area contributed by atoms with Crippen LogP contribution in [0, 0.1) is 11.3 Å². The van der Waals surface area contributed by atoms with Crippen LogP contribution in [0.25, 0.3) is 0 Å². The maximum atomic E-state index is 10.5. The molecule has 2 nitrogen and oxygen atoms in total. The summed E-state index contributed by atoms with van der Waals surface area (Å²) in [4.78, 5) is 0. The van der Waals surface area contributed by atoms with E-state index in [0.717, 1.165) is 38.0 Å². The third-order valence-corrected chi connectivity index (χ3v) is 4.35. The van der Waals surface area contributed by atoms with Crippen LogP contribution in [0.2, 0.25) is 0 Å². The van der Waals surface area contributed by atoms with Crippen LogP contribution < -0.4 is 0 Å². The molecule has 0 aromatic rings. The molecule has 0 saturated heterocycles. The fourth-order valence-corrected chi connectivity index (χ4v) is 2.43. The van der Waals surface area contributed by atoms with Gasteiger partial charge in [0.2, 0.25) is 0 Å². The zero-order valence-corrected chi connectivity index (χ0v) is 9.71. The highest BCUT2D eigenvalue weighted by Crippen LogP contribution is 2.45. The second kappa shape index (κ2) is 4.19. The van der Waals surface area contributed by atoms with Crippen LogP contribution >= 0.6 is 0 Å². The molecule has 0 aromatic carbocycles. The van der Waals surface area contributed by atoms with E-state index in [2.05, 4.69) is 6.92 Å². The van der Waals surface area contributed by atoms with Crippen LogP contribution in [0.15, 0.2) is 0 Å². The van der Waals surface area contributed by atoms with Gasteiger partial charge in [-0.05, 0) is 38.0 Å². The van der Waals surface area contributed by atoms with Gasteiger partial charge >= 0.3 is 0 Å². The summed E-state index contributed by atoms with van der Waals surface area (Å²) in [5.41, 5.74) is -0.948. The van der Waals surface area contributed by atoms with E-state index in [9.17, 15) is 10.2 Å². The lowest BCUT2D eigenvalue weighted by atomic mass is 9.63. The van der Waals surface area contributed by atoms with Crippen molar-refractivity contribution in [3.05, 3.63) is 0 Å². The van der Waals surface area contributed by atoms with Crippen molar-refractivity contribution in [3.63, 3.8) is 0 Å². The first-order chi connectivity index (χ1) is 6.47. The van der Waals surface area contributed by atoms with Gasteiger partial charge in [-0.2, -0.15) is 0 Å². The van der Waals surface area contributed by atoms with Gasteiger partial charge < -0.3 is 10.2 Å². The van der Waals surface area contributed by atoms with Gasteiger partial charge in [-0.1, -0.05) is 20.8 Å². The van der Waals surface area contributed by atoms with Crippen LogP contribution in [0.4, 0.5) is 0 Å². The van der Waals surface area contributed by atoms with E-state index in [1.54, 1.807) is 0 Å². The lowest BCUT2D eigenvalue weighted by Crippen LogP contribution is -2.50. The van der Waals surface area contributed by atoms with Gasteiger partial charge in [-0.3, -0.25) is 0 Å². The molecule has 2 heteroatoms. The van der Waals surface area contributed by atoms with Gasteiger partial charge in [0.15, 0.2) is 0 Å². The molecule has 0 bridgehead atoms. The Bertz CT molecular complexity index is 177. The first-order valence-corrected chi connectivity index (χ1v) is 5.81. The molecule has 0 spiro atoms. The molecule has 1 atom stereocenters. The second-order valence-corrected chi connectivity index (χ2v) is 5.29. The van der Waals surface area contributed by atoms with Gasteiger partial charge in [0.25, 0.3) is 0 Å². The maximum absolute atomic E-state index is 10.5. The third-order valence-electron chi connectivity index (χ3n) is 4.35. The summed E-state index contributed by atoms with van der Waals surface area (Å²) >= 11 is 0. The molecule has 84 valence electrons. The van der Waals surface area contributed by atoms with Crippen LogP contribution in [0.3, 0.4) is 0 Å². The van der Waals surface area contributed by atoms with Crippen LogP contribution in [-0.2, 0) is 0 Å². The van der Waals surface area contributed by atoms with E-state index >= 15 is 0 Å². The zero-order chi connectivity index (χ0) is 10.8. The molecular weight excluding hydrogens is 176 g/mol. The molecule has 1 unspecified atom stereocenters. The zero-order valence-electron chi connectivity index (χ0n) is 9.71. The summed E-state index contributed by atoms with van der Waals surface area (Å²) in [6.45, 7) is 6.38. The van der Waals surface area contributed by atoms with Gasteiger partial charge in [-0.25, -0.2) is 0 Å². The van der Waals surface area contributed by atoms with E-state index in [1.807, 2.05) is 13.8 Å². The van der Waals surface area contributed by atoms with Crippen molar-refractivity contribution in [2.24, 2.45) is 11.3 Å². The SMILES string of the molecule is CCC(C)(CO)C1(O)CCC(C)CC1. The Morgan fingerprint density at radius 2 is 1.86 bits per heavy atom. The number of aliphatic hydroxyl groups excluding tert-OH is 1. The molecule has 1 aliphatic carbocycles. The molecule has 0 heterocycles. The van der Waals surface area contributed by atoms with Gasteiger partial charge in [0, 0.05) is 5.41 Å². The Hall–Kier alpha value is -0.0800. The van der Waals surface area contributed by atoms with Crippen LogP contribution in [0.1, 0.15) is 52.9 Å². The maximum Gasteiger partial charge on any atom is 0.0723 e. The lowest BCUT2D eigenvalue weighted by Gasteiger charge is -2.47. The largest absolute Gasteiger partial charge is 0.396 e. The highest BCUT2D eigenvalue weighted by Gasteiger charge is 2.46. The van der Waals surface area contributed by atoms with Crippen LogP contribution in [0.5, 0.6) is 0 Å². The molecule has 1 saturated carbocycles. The van der Waals surface area contributed by atoms with Gasteiger partial charge in [-0.15, -0.1) is 0 Å². The summed E-state index contributed by atoms with van der Waals surface area (Å²) in [7, 11) is 0. The van der Waals surface area contributed by atoms with E-state index in [0.29, 0.717) is 0 Å². The molecule has 1 rings (SSSR count).